The van der Waals surface area contributed by atoms with Crippen LogP contribution in [0.3, 0.4) is 0 Å². The molecule has 0 atom stereocenters. The lowest BCUT2D eigenvalue weighted by molar-refractivity contribution is -0.385. The van der Waals surface area contributed by atoms with Gasteiger partial charge in [0.15, 0.2) is 5.82 Å². The zero-order valence-corrected chi connectivity index (χ0v) is 9.94. The van der Waals surface area contributed by atoms with E-state index in [1.54, 1.807) is 24.1 Å². The molecule has 9 nitrogen and oxygen atoms in total. The number of rotatable bonds is 4. The Morgan fingerprint density at radius 3 is 2.95 bits per heavy atom. The van der Waals surface area contributed by atoms with Crippen LogP contribution in [-0.4, -0.2) is 24.7 Å². The highest BCUT2D eigenvalue weighted by molar-refractivity contribution is 5.50. The van der Waals surface area contributed by atoms with Crippen molar-refractivity contribution < 1.29 is 4.92 Å². The molecule has 2 heterocycles. The average Bonchev–Trinajstić information content (AvgIpc) is 2.81. The van der Waals surface area contributed by atoms with Crippen molar-refractivity contribution in [1.82, 2.24) is 19.7 Å². The molecule has 0 saturated heterocycles. The van der Waals surface area contributed by atoms with E-state index in [-0.39, 0.29) is 11.4 Å². The summed E-state index contributed by atoms with van der Waals surface area (Å²) >= 11 is 0. The van der Waals surface area contributed by atoms with Crippen molar-refractivity contribution in [2.75, 3.05) is 5.32 Å². The van der Waals surface area contributed by atoms with Crippen molar-refractivity contribution in [3.63, 3.8) is 0 Å². The highest BCUT2D eigenvalue weighted by Gasteiger charge is 2.15. The molecule has 0 radical (unpaired) electrons. The van der Waals surface area contributed by atoms with Crippen LogP contribution >= 0.6 is 0 Å². The molecule has 0 aliphatic rings. The number of hydrogen-bond acceptors (Lipinski definition) is 7. The van der Waals surface area contributed by atoms with Gasteiger partial charge in [-0.2, -0.15) is 10.4 Å². The number of pyridine rings is 1. The second kappa shape index (κ2) is 5.09. The zero-order valence-electron chi connectivity index (χ0n) is 9.94. The number of anilines is 1. The van der Waals surface area contributed by atoms with Gasteiger partial charge in [0, 0.05) is 13.1 Å². The quantitative estimate of drug-likeness (QED) is 0.629. The predicted molar refractivity (Wildman–Crippen MR) is 63.9 cm³/mol. The lowest BCUT2D eigenvalue weighted by atomic mass is 10.3. The van der Waals surface area contributed by atoms with Crippen molar-refractivity contribution >= 4 is 11.5 Å². The minimum absolute atomic E-state index is 0.232. The number of aromatic nitrogens is 4. The maximum Gasteiger partial charge on any atom is 0.305 e. The van der Waals surface area contributed by atoms with Crippen LogP contribution in [0, 0.1) is 21.4 Å². The van der Waals surface area contributed by atoms with Crippen LogP contribution in [0.1, 0.15) is 11.5 Å². The fraction of sp³-hybridized carbons (Fsp3) is 0.200. The lowest BCUT2D eigenvalue weighted by Crippen LogP contribution is -2.05. The van der Waals surface area contributed by atoms with Gasteiger partial charge in [0.25, 0.3) is 0 Å². The third-order valence-electron chi connectivity index (χ3n) is 2.25. The fourth-order valence-corrected chi connectivity index (χ4v) is 1.41. The molecule has 0 spiro atoms. The van der Waals surface area contributed by atoms with Gasteiger partial charge < -0.3 is 5.32 Å². The van der Waals surface area contributed by atoms with Gasteiger partial charge in [0.1, 0.15) is 18.2 Å². The molecule has 0 bridgehead atoms. The second-order valence-corrected chi connectivity index (χ2v) is 3.62. The van der Waals surface area contributed by atoms with E-state index in [1.165, 1.54) is 12.1 Å². The molecule has 0 amide bonds. The van der Waals surface area contributed by atoms with Crippen LogP contribution in [0.15, 0.2) is 18.5 Å². The predicted octanol–water partition coefficient (Wildman–Crippen LogP) is 0.602. The van der Waals surface area contributed by atoms with Crippen LogP contribution in [0.25, 0.3) is 0 Å². The summed E-state index contributed by atoms with van der Waals surface area (Å²) in [5.41, 5.74) is -0.548. The molecule has 19 heavy (non-hydrogen) atoms. The molecule has 0 aromatic carbocycles. The number of nitro groups is 1. The Morgan fingerprint density at radius 2 is 2.37 bits per heavy atom. The Labute approximate surface area is 107 Å². The molecule has 0 saturated carbocycles. The topological polar surface area (TPSA) is 123 Å². The Bertz CT molecular complexity index is 658. The molecule has 0 aliphatic heterocycles. The minimum atomic E-state index is -0.643. The number of nitriles is 1. The van der Waals surface area contributed by atoms with E-state index < -0.39 is 4.92 Å². The number of nitrogens with one attached hydrogen (secondary N) is 1. The van der Waals surface area contributed by atoms with Gasteiger partial charge >= 0.3 is 5.69 Å². The summed E-state index contributed by atoms with van der Waals surface area (Å²) in [5, 5.41) is 26.4. The van der Waals surface area contributed by atoms with Gasteiger partial charge in [-0.1, -0.05) is 0 Å². The van der Waals surface area contributed by atoms with E-state index in [0.717, 1.165) is 0 Å². The van der Waals surface area contributed by atoms with E-state index in [0.29, 0.717) is 18.2 Å². The first kappa shape index (κ1) is 12.4. The molecule has 0 fully saturated rings. The standard InChI is InChI=1S/C10H9N7O2/c1-16-6-13-10(15-16)5-12-9-3-2-8(17(18)19)7(4-11)14-9/h2-3,6H,5H2,1H3,(H,12,14). The smallest absolute Gasteiger partial charge is 0.305 e. The van der Waals surface area contributed by atoms with E-state index >= 15 is 0 Å². The first-order valence-electron chi connectivity index (χ1n) is 5.24. The van der Waals surface area contributed by atoms with Crippen molar-refractivity contribution in [3.8, 4) is 6.07 Å². The highest BCUT2D eigenvalue weighted by atomic mass is 16.6. The number of hydrogen-bond donors (Lipinski definition) is 1. The van der Waals surface area contributed by atoms with E-state index in [9.17, 15) is 10.1 Å². The molecule has 2 rings (SSSR count). The second-order valence-electron chi connectivity index (χ2n) is 3.62. The third kappa shape index (κ3) is 2.81. The SMILES string of the molecule is Cn1cnc(CNc2ccc([N+](=O)[O-])c(C#N)n2)n1. The van der Waals surface area contributed by atoms with Crippen molar-refractivity contribution in [1.29, 1.82) is 5.26 Å². The van der Waals surface area contributed by atoms with Crippen LogP contribution in [0.5, 0.6) is 0 Å². The molecule has 0 unspecified atom stereocenters. The van der Waals surface area contributed by atoms with Crippen molar-refractivity contribution in [3.05, 3.63) is 40.1 Å². The maximum atomic E-state index is 10.6. The van der Waals surface area contributed by atoms with Crippen LogP contribution in [-0.2, 0) is 13.6 Å². The third-order valence-corrected chi connectivity index (χ3v) is 2.25. The Kier molecular flexibility index (Phi) is 3.33. The lowest BCUT2D eigenvalue weighted by Gasteiger charge is -2.03. The van der Waals surface area contributed by atoms with Gasteiger partial charge in [-0.05, 0) is 6.07 Å². The number of nitrogens with zero attached hydrogens (tertiary/aromatic N) is 6. The van der Waals surface area contributed by atoms with Crippen molar-refractivity contribution in [2.45, 2.75) is 6.54 Å². The summed E-state index contributed by atoms with van der Waals surface area (Å²) in [7, 11) is 1.74. The molecule has 1 N–H and O–H groups in total. The van der Waals surface area contributed by atoms with Crippen LogP contribution in [0.2, 0.25) is 0 Å². The monoisotopic (exact) mass is 259 g/mol. The highest BCUT2D eigenvalue weighted by Crippen LogP contribution is 2.18. The average molecular weight is 259 g/mol. The Hall–Kier alpha value is -3.02. The van der Waals surface area contributed by atoms with Gasteiger partial charge in [0.05, 0.1) is 11.5 Å². The van der Waals surface area contributed by atoms with Crippen LogP contribution < -0.4 is 5.32 Å². The first-order chi connectivity index (χ1) is 9.10. The largest absolute Gasteiger partial charge is 0.363 e. The summed E-state index contributed by atoms with van der Waals surface area (Å²) in [6, 6.07) is 4.36. The maximum absolute atomic E-state index is 10.6. The van der Waals surface area contributed by atoms with Crippen molar-refractivity contribution in [2.24, 2.45) is 7.05 Å². The van der Waals surface area contributed by atoms with E-state index in [4.69, 9.17) is 5.26 Å². The van der Waals surface area contributed by atoms with Gasteiger partial charge in [-0.15, -0.1) is 0 Å². The molecule has 96 valence electrons. The molecule has 0 aliphatic carbocycles. The number of aryl methyl sites for hydroxylation is 1. The molecule has 2 aromatic heterocycles. The molecular weight excluding hydrogens is 250 g/mol. The van der Waals surface area contributed by atoms with Gasteiger partial charge in [-0.3, -0.25) is 14.8 Å². The molecular formula is C10H9N7O2. The summed E-state index contributed by atoms with van der Waals surface area (Å²) in [4.78, 5) is 17.9. The zero-order chi connectivity index (χ0) is 13.8. The Balaban J connectivity index is 2.14. The minimum Gasteiger partial charge on any atom is -0.363 e. The first-order valence-corrected chi connectivity index (χ1v) is 5.24. The van der Waals surface area contributed by atoms with E-state index in [2.05, 4.69) is 20.4 Å². The van der Waals surface area contributed by atoms with Gasteiger partial charge in [-0.25, -0.2) is 9.97 Å². The fourth-order valence-electron chi connectivity index (χ4n) is 1.41. The summed E-state index contributed by atoms with van der Waals surface area (Å²) < 4.78 is 1.56. The molecule has 9 heteroatoms. The normalized spacial score (nSPS) is 9.89. The van der Waals surface area contributed by atoms with Crippen LogP contribution in [0.4, 0.5) is 11.5 Å². The summed E-state index contributed by atoms with van der Waals surface area (Å²) in [6.07, 6.45) is 1.56. The Morgan fingerprint density at radius 1 is 1.58 bits per heavy atom. The molecule has 2 aromatic rings. The van der Waals surface area contributed by atoms with E-state index in [1.807, 2.05) is 0 Å². The summed E-state index contributed by atoms with van der Waals surface area (Å²) in [6.45, 7) is 0.316. The van der Waals surface area contributed by atoms with Gasteiger partial charge in [0.2, 0.25) is 5.69 Å². The summed E-state index contributed by atoms with van der Waals surface area (Å²) in [5.74, 6) is 0.913.